The van der Waals surface area contributed by atoms with Gasteiger partial charge in [-0.25, -0.2) is 4.79 Å². The Hall–Kier alpha value is -2.98. The molecule has 3 aromatic rings. The van der Waals surface area contributed by atoms with Crippen LogP contribution in [0.2, 0.25) is 0 Å². The number of carboxylic acids is 1. The molecule has 0 aliphatic heterocycles. The lowest BCUT2D eigenvalue weighted by Gasteiger charge is -2.22. The number of carboxylic acid groups (broad SMARTS) is 1. The van der Waals surface area contributed by atoms with Crippen LogP contribution in [0.4, 0.5) is 13.2 Å². The van der Waals surface area contributed by atoms with Crippen LogP contribution < -0.4 is 4.74 Å². The number of hydrogen-bond acceptors (Lipinski definition) is 6. The van der Waals surface area contributed by atoms with Gasteiger partial charge in [-0.05, 0) is 56.6 Å². The second kappa shape index (κ2) is 10.5. The van der Waals surface area contributed by atoms with Gasteiger partial charge in [-0.3, -0.25) is 4.90 Å². The molecule has 0 bridgehead atoms. The summed E-state index contributed by atoms with van der Waals surface area (Å²) in [5.41, 5.74) is -0.392. The average molecular weight is 494 g/mol. The molecule has 0 fully saturated rings. The molecule has 0 aliphatic rings. The van der Waals surface area contributed by atoms with E-state index in [1.807, 2.05) is 12.1 Å². The smallest absolute Gasteiger partial charge is 0.416 e. The fourth-order valence-electron chi connectivity index (χ4n) is 3.22. The Morgan fingerprint density at radius 3 is 2.24 bits per heavy atom. The molecule has 1 N–H and O–H groups in total. The van der Waals surface area contributed by atoms with Gasteiger partial charge in [-0.2, -0.15) is 13.2 Å². The number of ether oxygens (including phenoxy) is 1. The molecular formula is C24H26F3N3O3S. The Labute approximate surface area is 200 Å². The average Bonchev–Trinajstić information content (AvgIpc) is 3.23. The van der Waals surface area contributed by atoms with Gasteiger partial charge in [0.15, 0.2) is 5.60 Å². The zero-order chi connectivity index (χ0) is 24.9. The quantitative estimate of drug-likeness (QED) is 0.380. The molecular weight excluding hydrogens is 467 g/mol. The zero-order valence-corrected chi connectivity index (χ0v) is 19.9. The van der Waals surface area contributed by atoms with Crippen molar-refractivity contribution in [3.8, 4) is 16.3 Å². The summed E-state index contributed by atoms with van der Waals surface area (Å²) in [7, 11) is 0. The van der Waals surface area contributed by atoms with E-state index in [-0.39, 0.29) is 0 Å². The Bertz CT molecular complexity index is 1100. The second-order valence-corrected chi connectivity index (χ2v) is 9.41. The van der Waals surface area contributed by atoms with Crippen molar-refractivity contribution in [1.29, 1.82) is 0 Å². The fraction of sp³-hybridized carbons (Fsp3) is 0.375. The molecule has 182 valence electrons. The number of carbonyl (C=O) groups is 1. The van der Waals surface area contributed by atoms with E-state index in [4.69, 9.17) is 4.74 Å². The SMILES string of the molecule is CCCN(Cc1ccc(OC(C)(C)C(=O)O)cc1)Cc1nnc(-c2ccc(C(F)(F)F)cc2)s1. The van der Waals surface area contributed by atoms with E-state index in [1.54, 1.807) is 12.1 Å². The van der Waals surface area contributed by atoms with E-state index in [9.17, 15) is 23.1 Å². The predicted octanol–water partition coefficient (Wildman–Crippen LogP) is 5.88. The van der Waals surface area contributed by atoms with Gasteiger partial charge in [0.2, 0.25) is 0 Å². The number of nitrogens with zero attached hydrogens (tertiary/aromatic N) is 3. The summed E-state index contributed by atoms with van der Waals surface area (Å²) in [6.45, 7) is 7.08. The molecule has 2 aromatic carbocycles. The highest BCUT2D eigenvalue weighted by atomic mass is 32.1. The highest BCUT2D eigenvalue weighted by molar-refractivity contribution is 7.14. The molecule has 6 nitrogen and oxygen atoms in total. The minimum absolute atomic E-state index is 0.475. The van der Waals surface area contributed by atoms with E-state index < -0.39 is 23.3 Å². The van der Waals surface area contributed by atoms with Gasteiger partial charge >= 0.3 is 12.1 Å². The van der Waals surface area contributed by atoms with Gasteiger partial charge in [-0.15, -0.1) is 10.2 Å². The van der Waals surface area contributed by atoms with Gasteiger partial charge in [0.05, 0.1) is 12.1 Å². The standard InChI is InChI=1S/C24H26F3N3O3S/c1-4-13-30(14-16-5-11-19(12-6-16)33-23(2,3)22(31)32)15-20-28-29-21(34-20)17-7-9-18(10-8-17)24(25,26)27/h5-12H,4,13-15H2,1-3H3,(H,31,32). The third-order valence-corrected chi connectivity index (χ3v) is 6.00. The van der Waals surface area contributed by atoms with Crippen LogP contribution in [-0.4, -0.2) is 38.3 Å². The summed E-state index contributed by atoms with van der Waals surface area (Å²) in [6, 6.07) is 12.2. The zero-order valence-electron chi connectivity index (χ0n) is 19.1. The van der Waals surface area contributed by atoms with Crippen molar-refractivity contribution in [3.63, 3.8) is 0 Å². The van der Waals surface area contributed by atoms with Crippen LogP contribution in [0.5, 0.6) is 5.75 Å². The first-order valence-electron chi connectivity index (χ1n) is 10.7. The molecule has 0 amide bonds. The Morgan fingerprint density at radius 2 is 1.68 bits per heavy atom. The molecule has 0 atom stereocenters. The van der Waals surface area contributed by atoms with Crippen molar-refractivity contribution in [2.24, 2.45) is 0 Å². The number of benzene rings is 2. The summed E-state index contributed by atoms with van der Waals surface area (Å²) < 4.78 is 43.9. The largest absolute Gasteiger partial charge is 0.478 e. The van der Waals surface area contributed by atoms with Crippen molar-refractivity contribution < 1.29 is 27.8 Å². The lowest BCUT2D eigenvalue weighted by atomic mass is 10.1. The maximum Gasteiger partial charge on any atom is 0.416 e. The first-order valence-corrected chi connectivity index (χ1v) is 11.5. The van der Waals surface area contributed by atoms with Crippen LogP contribution in [-0.2, 0) is 24.1 Å². The van der Waals surface area contributed by atoms with Crippen LogP contribution in [0.1, 0.15) is 43.3 Å². The van der Waals surface area contributed by atoms with Crippen LogP contribution in [0.15, 0.2) is 48.5 Å². The Kier molecular flexibility index (Phi) is 7.93. The number of aromatic nitrogens is 2. The van der Waals surface area contributed by atoms with E-state index in [1.165, 1.54) is 37.3 Å². The van der Waals surface area contributed by atoms with Crippen molar-refractivity contribution in [2.45, 2.75) is 52.1 Å². The van der Waals surface area contributed by atoms with Gasteiger partial charge in [0.25, 0.3) is 0 Å². The summed E-state index contributed by atoms with van der Waals surface area (Å²) in [5, 5.41) is 18.9. The highest BCUT2D eigenvalue weighted by Crippen LogP contribution is 2.32. The van der Waals surface area contributed by atoms with Crippen molar-refractivity contribution in [2.75, 3.05) is 6.54 Å². The van der Waals surface area contributed by atoms with Crippen LogP contribution >= 0.6 is 11.3 Å². The third kappa shape index (κ3) is 6.77. The van der Waals surface area contributed by atoms with Gasteiger partial charge in [-0.1, -0.05) is 42.5 Å². The van der Waals surface area contributed by atoms with Crippen molar-refractivity contribution in [3.05, 3.63) is 64.7 Å². The molecule has 10 heteroatoms. The number of halogens is 3. The Morgan fingerprint density at radius 1 is 1.03 bits per heavy atom. The van der Waals surface area contributed by atoms with E-state index in [0.29, 0.717) is 29.4 Å². The normalized spacial score (nSPS) is 12.2. The topological polar surface area (TPSA) is 75.5 Å². The summed E-state index contributed by atoms with van der Waals surface area (Å²) in [4.78, 5) is 13.4. The van der Waals surface area contributed by atoms with Gasteiger partial charge in [0.1, 0.15) is 15.8 Å². The third-order valence-electron chi connectivity index (χ3n) is 5.04. The predicted molar refractivity (Wildman–Crippen MR) is 124 cm³/mol. The maximum absolute atomic E-state index is 12.8. The molecule has 0 radical (unpaired) electrons. The minimum Gasteiger partial charge on any atom is -0.478 e. The number of hydrogen-bond donors (Lipinski definition) is 1. The van der Waals surface area contributed by atoms with E-state index >= 15 is 0 Å². The van der Waals surface area contributed by atoms with E-state index in [0.717, 1.165) is 35.7 Å². The molecule has 0 aliphatic carbocycles. The monoisotopic (exact) mass is 493 g/mol. The number of rotatable bonds is 10. The molecule has 0 saturated carbocycles. The molecule has 0 spiro atoms. The molecule has 0 saturated heterocycles. The van der Waals surface area contributed by atoms with Gasteiger partial charge in [0, 0.05) is 12.1 Å². The maximum atomic E-state index is 12.8. The Balaban J connectivity index is 1.65. The van der Waals surface area contributed by atoms with Crippen molar-refractivity contribution >= 4 is 17.3 Å². The van der Waals surface area contributed by atoms with Crippen LogP contribution in [0.3, 0.4) is 0 Å². The highest BCUT2D eigenvalue weighted by Gasteiger charge is 2.30. The van der Waals surface area contributed by atoms with Gasteiger partial charge < -0.3 is 9.84 Å². The molecule has 1 heterocycles. The van der Waals surface area contributed by atoms with Crippen LogP contribution in [0, 0.1) is 0 Å². The molecule has 1 aromatic heterocycles. The second-order valence-electron chi connectivity index (χ2n) is 8.35. The van der Waals surface area contributed by atoms with Crippen LogP contribution in [0.25, 0.3) is 10.6 Å². The molecule has 3 rings (SSSR count). The molecule has 0 unspecified atom stereocenters. The summed E-state index contributed by atoms with van der Waals surface area (Å²) in [5.74, 6) is -0.568. The lowest BCUT2D eigenvalue weighted by molar-refractivity contribution is -0.152. The first kappa shape index (κ1) is 25.6. The minimum atomic E-state index is -4.37. The summed E-state index contributed by atoms with van der Waals surface area (Å²) in [6.07, 6.45) is -3.44. The molecule has 34 heavy (non-hydrogen) atoms. The van der Waals surface area contributed by atoms with Crippen molar-refractivity contribution in [1.82, 2.24) is 15.1 Å². The lowest BCUT2D eigenvalue weighted by Crippen LogP contribution is -2.37. The van der Waals surface area contributed by atoms with E-state index in [2.05, 4.69) is 22.0 Å². The number of aliphatic carboxylic acids is 1. The first-order chi connectivity index (χ1) is 16.0. The fourth-order valence-corrected chi connectivity index (χ4v) is 4.10. The summed E-state index contributed by atoms with van der Waals surface area (Å²) >= 11 is 1.35. The number of alkyl halides is 3.